The molecule has 0 rings (SSSR count). The Morgan fingerprint density at radius 2 is 0.750 bits per heavy atom. The zero-order chi connectivity index (χ0) is 17.0. The van der Waals surface area contributed by atoms with Gasteiger partial charge in [0.2, 0.25) is 0 Å². The number of aliphatic hydroxyl groups is 1. The molecule has 1 N–H and O–H groups in total. The van der Waals surface area contributed by atoms with Gasteiger partial charge in [-0.15, -0.1) is 12.4 Å². The zero-order valence-corrected chi connectivity index (χ0v) is 17.7. The van der Waals surface area contributed by atoms with Crippen molar-refractivity contribution < 1.29 is 5.11 Å². The van der Waals surface area contributed by atoms with Crippen LogP contribution in [0.3, 0.4) is 0 Å². The molecular weight excluding hydrogens is 316 g/mol. The third-order valence-electron chi connectivity index (χ3n) is 5.03. The molecule has 0 spiro atoms. The van der Waals surface area contributed by atoms with Crippen molar-refractivity contribution >= 4 is 12.4 Å². The van der Waals surface area contributed by atoms with Gasteiger partial charge in [-0.2, -0.15) is 0 Å². The largest absolute Gasteiger partial charge is 0.393 e. The standard InChI is InChI=1S/C22H46O.ClH/c1-3-5-7-8-9-10-11-12-13-14-15-16-17-18-19-21-22(23)20-6-4-2;/h22-23H,3-21H2,1-2H3;1H. The van der Waals surface area contributed by atoms with Gasteiger partial charge in [0.05, 0.1) is 6.10 Å². The second-order valence-corrected chi connectivity index (χ2v) is 7.53. The van der Waals surface area contributed by atoms with E-state index in [1.165, 1.54) is 109 Å². The first-order valence-electron chi connectivity index (χ1n) is 11.0. The zero-order valence-electron chi connectivity index (χ0n) is 16.9. The van der Waals surface area contributed by atoms with Crippen LogP contribution in [0.15, 0.2) is 0 Å². The summed E-state index contributed by atoms with van der Waals surface area (Å²) in [5.74, 6) is 0. The Balaban J connectivity index is 0. The van der Waals surface area contributed by atoms with Crippen LogP contribution < -0.4 is 0 Å². The molecule has 1 nitrogen and oxygen atoms in total. The molecule has 0 saturated heterocycles. The maximum atomic E-state index is 9.78. The van der Waals surface area contributed by atoms with E-state index in [4.69, 9.17) is 0 Å². The maximum Gasteiger partial charge on any atom is 0.0540 e. The molecule has 0 fully saturated rings. The summed E-state index contributed by atoms with van der Waals surface area (Å²) in [5.41, 5.74) is 0. The van der Waals surface area contributed by atoms with Crippen molar-refractivity contribution in [2.24, 2.45) is 0 Å². The van der Waals surface area contributed by atoms with Crippen LogP contribution in [0.5, 0.6) is 0 Å². The predicted octanol–water partition coefficient (Wildman–Crippen LogP) is 8.22. The number of unbranched alkanes of at least 4 members (excludes halogenated alkanes) is 15. The molecule has 0 radical (unpaired) electrons. The van der Waals surface area contributed by atoms with Gasteiger partial charge in [-0.25, -0.2) is 0 Å². The van der Waals surface area contributed by atoms with Crippen LogP contribution in [0.2, 0.25) is 0 Å². The SMILES string of the molecule is CCCCCCCCCCCCCCCCCC(O)CCCC.Cl. The summed E-state index contributed by atoms with van der Waals surface area (Å²) in [7, 11) is 0. The lowest BCUT2D eigenvalue weighted by molar-refractivity contribution is 0.148. The molecule has 1 unspecified atom stereocenters. The van der Waals surface area contributed by atoms with Crippen LogP contribution >= 0.6 is 12.4 Å². The Hall–Kier alpha value is 0.250. The quantitative estimate of drug-likeness (QED) is 0.229. The molecule has 1 atom stereocenters. The average molecular weight is 363 g/mol. The Morgan fingerprint density at radius 1 is 0.458 bits per heavy atom. The lowest BCUT2D eigenvalue weighted by atomic mass is 10.0. The molecule has 0 bridgehead atoms. The van der Waals surface area contributed by atoms with Gasteiger partial charge < -0.3 is 5.11 Å². The number of hydrogen-bond acceptors (Lipinski definition) is 1. The molecular formula is C22H47ClO. The van der Waals surface area contributed by atoms with Crippen molar-refractivity contribution in [3.63, 3.8) is 0 Å². The molecule has 0 aliphatic carbocycles. The third kappa shape index (κ3) is 22.2. The second-order valence-electron chi connectivity index (χ2n) is 7.53. The van der Waals surface area contributed by atoms with Gasteiger partial charge in [0.25, 0.3) is 0 Å². The van der Waals surface area contributed by atoms with Gasteiger partial charge in [0.1, 0.15) is 0 Å². The van der Waals surface area contributed by atoms with Gasteiger partial charge in [-0.3, -0.25) is 0 Å². The van der Waals surface area contributed by atoms with Crippen molar-refractivity contribution in [1.29, 1.82) is 0 Å². The van der Waals surface area contributed by atoms with Crippen molar-refractivity contribution in [3.8, 4) is 0 Å². The van der Waals surface area contributed by atoms with Crippen LogP contribution in [-0.2, 0) is 0 Å². The van der Waals surface area contributed by atoms with E-state index in [0.29, 0.717) is 0 Å². The minimum atomic E-state index is -0.0306. The number of rotatable bonds is 19. The van der Waals surface area contributed by atoms with E-state index in [2.05, 4.69) is 13.8 Å². The molecule has 0 aromatic heterocycles. The molecule has 24 heavy (non-hydrogen) atoms. The highest BCUT2D eigenvalue weighted by molar-refractivity contribution is 5.85. The van der Waals surface area contributed by atoms with Crippen molar-refractivity contribution in [1.82, 2.24) is 0 Å². The fourth-order valence-electron chi connectivity index (χ4n) is 3.34. The first kappa shape index (κ1) is 26.5. The number of hydrogen-bond donors (Lipinski definition) is 1. The molecule has 0 saturated carbocycles. The van der Waals surface area contributed by atoms with E-state index < -0.39 is 0 Å². The van der Waals surface area contributed by atoms with Gasteiger partial charge in [0, 0.05) is 0 Å². The Labute approximate surface area is 159 Å². The topological polar surface area (TPSA) is 20.2 Å². The van der Waals surface area contributed by atoms with E-state index in [9.17, 15) is 5.11 Å². The highest BCUT2D eigenvalue weighted by atomic mass is 35.5. The first-order chi connectivity index (χ1) is 11.3. The normalized spacial score (nSPS) is 12.1. The summed E-state index contributed by atoms with van der Waals surface area (Å²) >= 11 is 0. The predicted molar refractivity (Wildman–Crippen MR) is 112 cm³/mol. The maximum absolute atomic E-state index is 9.78. The summed E-state index contributed by atoms with van der Waals surface area (Å²) in [5, 5.41) is 9.78. The lowest BCUT2D eigenvalue weighted by Gasteiger charge is -2.09. The fourth-order valence-corrected chi connectivity index (χ4v) is 3.34. The van der Waals surface area contributed by atoms with Gasteiger partial charge in [-0.1, -0.05) is 123 Å². The van der Waals surface area contributed by atoms with Crippen LogP contribution in [0, 0.1) is 0 Å². The Kier molecular flexibility index (Phi) is 25.7. The van der Waals surface area contributed by atoms with E-state index in [-0.39, 0.29) is 18.5 Å². The number of aliphatic hydroxyl groups excluding tert-OH is 1. The smallest absolute Gasteiger partial charge is 0.0540 e. The van der Waals surface area contributed by atoms with Gasteiger partial charge >= 0.3 is 0 Å². The molecule has 2 heteroatoms. The fraction of sp³-hybridized carbons (Fsp3) is 1.00. The van der Waals surface area contributed by atoms with Crippen molar-refractivity contribution in [2.75, 3.05) is 0 Å². The van der Waals surface area contributed by atoms with Crippen LogP contribution in [0.25, 0.3) is 0 Å². The lowest BCUT2D eigenvalue weighted by Crippen LogP contribution is -2.05. The van der Waals surface area contributed by atoms with Gasteiger partial charge in [0.15, 0.2) is 0 Å². The highest BCUT2D eigenvalue weighted by Gasteiger charge is 2.02. The molecule has 0 aromatic rings. The molecule has 148 valence electrons. The average Bonchev–Trinajstić information content (AvgIpc) is 2.56. The van der Waals surface area contributed by atoms with E-state index in [0.717, 1.165) is 12.8 Å². The molecule has 0 heterocycles. The van der Waals surface area contributed by atoms with Crippen LogP contribution in [-0.4, -0.2) is 11.2 Å². The van der Waals surface area contributed by atoms with E-state index in [1.54, 1.807) is 0 Å². The van der Waals surface area contributed by atoms with Crippen LogP contribution in [0.4, 0.5) is 0 Å². The van der Waals surface area contributed by atoms with Crippen molar-refractivity contribution in [2.45, 2.75) is 142 Å². The molecule has 0 aliphatic heterocycles. The minimum Gasteiger partial charge on any atom is -0.393 e. The third-order valence-corrected chi connectivity index (χ3v) is 5.03. The van der Waals surface area contributed by atoms with E-state index >= 15 is 0 Å². The van der Waals surface area contributed by atoms with Gasteiger partial charge in [-0.05, 0) is 12.8 Å². The minimum absolute atomic E-state index is 0. The highest BCUT2D eigenvalue weighted by Crippen LogP contribution is 2.14. The summed E-state index contributed by atoms with van der Waals surface area (Å²) in [6, 6.07) is 0. The second kappa shape index (κ2) is 23.2. The van der Waals surface area contributed by atoms with Crippen LogP contribution in [0.1, 0.15) is 136 Å². The molecule has 0 aromatic carbocycles. The Morgan fingerprint density at radius 3 is 1.12 bits per heavy atom. The van der Waals surface area contributed by atoms with E-state index in [1.807, 2.05) is 0 Å². The molecule has 0 aliphatic rings. The Bertz CT molecular complexity index is 208. The summed E-state index contributed by atoms with van der Waals surface area (Å²) in [6.07, 6.45) is 25.6. The summed E-state index contributed by atoms with van der Waals surface area (Å²) in [6.45, 7) is 4.48. The first-order valence-corrected chi connectivity index (χ1v) is 11.0. The molecule has 0 amide bonds. The monoisotopic (exact) mass is 362 g/mol. The summed E-state index contributed by atoms with van der Waals surface area (Å²) in [4.78, 5) is 0. The summed E-state index contributed by atoms with van der Waals surface area (Å²) < 4.78 is 0. The number of halogens is 1. The van der Waals surface area contributed by atoms with Crippen molar-refractivity contribution in [3.05, 3.63) is 0 Å².